The molecule has 1 aliphatic heterocycles. The Morgan fingerprint density at radius 2 is 1.82 bits per heavy atom. The minimum absolute atomic E-state index is 0.180. The molecule has 4 nitrogen and oxygen atoms in total. The fraction of sp³-hybridized carbons (Fsp3) is 0.167. The lowest BCUT2D eigenvalue weighted by Gasteiger charge is -2.25. The van der Waals surface area contributed by atoms with Crippen molar-refractivity contribution in [2.24, 2.45) is 0 Å². The van der Waals surface area contributed by atoms with Crippen molar-refractivity contribution < 1.29 is 14.3 Å². The molecule has 0 unspecified atom stereocenters. The first-order valence-corrected chi connectivity index (χ1v) is 7.11. The van der Waals surface area contributed by atoms with Crippen LogP contribution in [0.15, 0.2) is 66.7 Å². The minimum Gasteiger partial charge on any atom is -0.495 e. The first-order valence-electron chi connectivity index (χ1n) is 7.11. The Hall–Kier alpha value is -2.75. The Bertz CT molecular complexity index is 682. The number of nitrogens with one attached hydrogen (secondary N) is 1. The van der Waals surface area contributed by atoms with Crippen molar-refractivity contribution in [3.05, 3.63) is 72.3 Å². The summed E-state index contributed by atoms with van der Waals surface area (Å²) in [7, 11) is 1.63. The molecule has 2 aromatic rings. The number of anilines is 1. The van der Waals surface area contributed by atoms with Crippen molar-refractivity contribution in [1.29, 1.82) is 0 Å². The number of rotatable bonds is 5. The zero-order chi connectivity index (χ0) is 15.4. The van der Waals surface area contributed by atoms with Gasteiger partial charge in [-0.05, 0) is 23.8 Å². The van der Waals surface area contributed by atoms with Crippen LogP contribution in [-0.4, -0.2) is 19.2 Å². The van der Waals surface area contributed by atoms with Crippen LogP contribution in [0.3, 0.4) is 0 Å². The van der Waals surface area contributed by atoms with Crippen molar-refractivity contribution in [3.63, 3.8) is 0 Å². The van der Waals surface area contributed by atoms with Crippen LogP contribution in [0.1, 0.15) is 11.6 Å². The van der Waals surface area contributed by atoms with Crippen molar-refractivity contribution in [1.82, 2.24) is 0 Å². The van der Waals surface area contributed by atoms with E-state index in [0.717, 1.165) is 17.0 Å². The van der Waals surface area contributed by atoms with E-state index in [9.17, 15) is 4.79 Å². The van der Waals surface area contributed by atoms with Gasteiger partial charge in [0.1, 0.15) is 11.9 Å². The SMILES string of the molecule is COc1ccccc1N[C@@H](c1ccccc1)[C@H]1C=CC(=O)O1. The van der Waals surface area contributed by atoms with Gasteiger partial charge in [-0.2, -0.15) is 0 Å². The lowest BCUT2D eigenvalue weighted by Crippen LogP contribution is -2.25. The Kier molecular flexibility index (Phi) is 4.10. The number of ether oxygens (including phenoxy) is 2. The summed E-state index contributed by atoms with van der Waals surface area (Å²) in [6.07, 6.45) is 2.90. The zero-order valence-corrected chi connectivity index (χ0v) is 12.2. The number of cyclic esters (lactones) is 1. The average molecular weight is 295 g/mol. The molecule has 2 aromatic carbocycles. The molecule has 1 heterocycles. The maximum absolute atomic E-state index is 11.4. The fourth-order valence-corrected chi connectivity index (χ4v) is 2.51. The van der Waals surface area contributed by atoms with Crippen LogP contribution >= 0.6 is 0 Å². The molecular weight excluding hydrogens is 278 g/mol. The molecule has 4 heteroatoms. The van der Waals surface area contributed by atoms with Crippen LogP contribution in [-0.2, 0) is 9.53 Å². The zero-order valence-electron chi connectivity index (χ0n) is 12.2. The van der Waals surface area contributed by atoms with Gasteiger partial charge in [-0.15, -0.1) is 0 Å². The van der Waals surface area contributed by atoms with Crippen molar-refractivity contribution in [2.75, 3.05) is 12.4 Å². The summed E-state index contributed by atoms with van der Waals surface area (Å²) in [6, 6.07) is 17.4. The van der Waals surface area contributed by atoms with Crippen molar-refractivity contribution in [2.45, 2.75) is 12.1 Å². The monoisotopic (exact) mass is 295 g/mol. The van der Waals surface area contributed by atoms with Crippen molar-refractivity contribution >= 4 is 11.7 Å². The van der Waals surface area contributed by atoms with E-state index >= 15 is 0 Å². The highest BCUT2D eigenvalue weighted by Gasteiger charge is 2.28. The van der Waals surface area contributed by atoms with Gasteiger partial charge in [0.15, 0.2) is 0 Å². The van der Waals surface area contributed by atoms with Crippen LogP contribution in [0.2, 0.25) is 0 Å². The molecule has 0 aromatic heterocycles. The summed E-state index contributed by atoms with van der Waals surface area (Å²) in [6.45, 7) is 0. The topological polar surface area (TPSA) is 47.6 Å². The quantitative estimate of drug-likeness (QED) is 0.860. The van der Waals surface area contributed by atoms with E-state index < -0.39 is 0 Å². The second-order valence-electron chi connectivity index (χ2n) is 4.99. The number of benzene rings is 2. The van der Waals surface area contributed by atoms with Gasteiger partial charge in [0.05, 0.1) is 18.8 Å². The molecule has 0 aliphatic carbocycles. The summed E-state index contributed by atoms with van der Waals surface area (Å²) >= 11 is 0. The Balaban J connectivity index is 1.92. The van der Waals surface area contributed by atoms with Gasteiger partial charge in [-0.3, -0.25) is 0 Å². The molecule has 0 radical (unpaired) electrons. The van der Waals surface area contributed by atoms with Gasteiger partial charge < -0.3 is 14.8 Å². The molecule has 0 amide bonds. The van der Waals surface area contributed by atoms with Crippen LogP contribution in [0.25, 0.3) is 0 Å². The molecule has 2 atom stereocenters. The maximum atomic E-state index is 11.4. The number of hydrogen-bond acceptors (Lipinski definition) is 4. The van der Waals surface area contributed by atoms with Gasteiger partial charge in [0.25, 0.3) is 0 Å². The molecule has 0 bridgehead atoms. The number of hydrogen-bond donors (Lipinski definition) is 1. The highest BCUT2D eigenvalue weighted by atomic mass is 16.5. The molecule has 0 saturated carbocycles. The van der Waals surface area contributed by atoms with Gasteiger partial charge in [-0.25, -0.2) is 4.79 Å². The van der Waals surface area contributed by atoms with E-state index in [1.165, 1.54) is 6.08 Å². The summed E-state index contributed by atoms with van der Waals surface area (Å²) in [5.41, 5.74) is 1.90. The molecule has 22 heavy (non-hydrogen) atoms. The van der Waals surface area contributed by atoms with E-state index in [4.69, 9.17) is 9.47 Å². The van der Waals surface area contributed by atoms with Crippen LogP contribution < -0.4 is 10.1 Å². The minimum atomic E-state index is -0.347. The van der Waals surface area contributed by atoms with E-state index in [1.807, 2.05) is 54.6 Å². The van der Waals surface area contributed by atoms with Gasteiger partial charge in [0, 0.05) is 6.08 Å². The number of methoxy groups -OCH3 is 1. The van der Waals surface area contributed by atoms with Gasteiger partial charge in [-0.1, -0.05) is 42.5 Å². The van der Waals surface area contributed by atoms with E-state index in [1.54, 1.807) is 13.2 Å². The highest BCUT2D eigenvalue weighted by Crippen LogP contribution is 2.32. The van der Waals surface area contributed by atoms with Gasteiger partial charge >= 0.3 is 5.97 Å². The highest BCUT2D eigenvalue weighted by molar-refractivity contribution is 5.84. The third-order valence-electron chi connectivity index (χ3n) is 3.58. The van der Waals surface area contributed by atoms with E-state index in [-0.39, 0.29) is 18.1 Å². The third-order valence-corrected chi connectivity index (χ3v) is 3.58. The predicted molar refractivity (Wildman–Crippen MR) is 84.8 cm³/mol. The first kappa shape index (κ1) is 14.2. The summed E-state index contributed by atoms with van der Waals surface area (Å²) in [5.74, 6) is 0.435. The number of esters is 1. The maximum Gasteiger partial charge on any atom is 0.331 e. The van der Waals surface area contributed by atoms with Gasteiger partial charge in [0.2, 0.25) is 0 Å². The summed E-state index contributed by atoms with van der Waals surface area (Å²) in [5, 5.41) is 3.42. The Morgan fingerprint density at radius 1 is 1.09 bits per heavy atom. The Morgan fingerprint density at radius 3 is 2.50 bits per heavy atom. The molecule has 0 saturated heterocycles. The molecule has 112 valence electrons. The van der Waals surface area contributed by atoms with Crippen molar-refractivity contribution in [3.8, 4) is 5.75 Å². The summed E-state index contributed by atoms with van der Waals surface area (Å²) in [4.78, 5) is 11.4. The fourth-order valence-electron chi connectivity index (χ4n) is 2.51. The largest absolute Gasteiger partial charge is 0.495 e. The van der Waals surface area contributed by atoms with Crippen LogP contribution in [0.4, 0.5) is 5.69 Å². The second kappa shape index (κ2) is 6.35. The lowest BCUT2D eigenvalue weighted by atomic mass is 10.0. The lowest BCUT2D eigenvalue weighted by molar-refractivity contribution is -0.139. The van der Waals surface area contributed by atoms with E-state index in [2.05, 4.69) is 5.32 Å². The molecule has 0 fully saturated rings. The van der Waals surface area contributed by atoms with Crippen LogP contribution in [0, 0.1) is 0 Å². The van der Waals surface area contributed by atoms with Crippen LogP contribution in [0.5, 0.6) is 5.75 Å². The van der Waals surface area contributed by atoms with E-state index in [0.29, 0.717) is 0 Å². The predicted octanol–water partition coefficient (Wildman–Crippen LogP) is 3.33. The number of carbonyl (C=O) groups is 1. The first-order chi connectivity index (χ1) is 10.8. The average Bonchev–Trinajstić information content (AvgIpc) is 3.00. The number of para-hydroxylation sites is 2. The standard InChI is InChI=1S/C18H17NO3/c1-21-15-10-6-5-9-14(15)19-18(13-7-3-2-4-8-13)16-11-12-17(20)22-16/h2-12,16,18-19H,1H3/t16-,18+/m1/s1. The summed E-state index contributed by atoms with van der Waals surface area (Å²) < 4.78 is 10.7. The smallest absolute Gasteiger partial charge is 0.331 e. The molecule has 1 aliphatic rings. The molecule has 0 spiro atoms. The molecule has 1 N–H and O–H groups in total. The third kappa shape index (κ3) is 2.96. The molecule has 3 rings (SSSR count). The Labute approximate surface area is 129 Å². The number of carbonyl (C=O) groups excluding carboxylic acids is 1. The normalized spacial score (nSPS) is 17.9. The molecular formula is C18H17NO3. The second-order valence-corrected chi connectivity index (χ2v) is 4.99.